The summed E-state index contributed by atoms with van der Waals surface area (Å²) in [6.45, 7) is 3.22. The van der Waals surface area contributed by atoms with Crippen LogP contribution >= 0.6 is 23.1 Å². The Hall–Kier alpha value is -2.04. The van der Waals surface area contributed by atoms with Gasteiger partial charge in [-0.15, -0.1) is 11.3 Å². The quantitative estimate of drug-likeness (QED) is 0.529. The van der Waals surface area contributed by atoms with E-state index in [0.717, 1.165) is 23.1 Å². The van der Waals surface area contributed by atoms with Crippen molar-refractivity contribution >= 4 is 39.8 Å². The van der Waals surface area contributed by atoms with E-state index in [0.29, 0.717) is 20.3 Å². The highest BCUT2D eigenvalue weighted by atomic mass is 32.2. The lowest BCUT2D eigenvalue weighted by molar-refractivity contribution is 0.0994. The number of nitrogens with zero attached hydrogens (tertiary/aromatic N) is 1. The van der Waals surface area contributed by atoms with E-state index in [4.69, 9.17) is 9.68 Å². The molecular formula is C13H10N2O3S2. The lowest BCUT2D eigenvalue weighted by atomic mass is 10.2. The Balaban J connectivity index is 2.36. The van der Waals surface area contributed by atoms with Gasteiger partial charge in [-0.3, -0.25) is 9.59 Å². The van der Waals surface area contributed by atoms with Gasteiger partial charge in [0.25, 0.3) is 5.91 Å². The smallest absolute Gasteiger partial charge is 0.291 e. The van der Waals surface area contributed by atoms with Gasteiger partial charge in [0.2, 0.25) is 0 Å². The largest absolute Gasteiger partial charge is 0.459 e. The second kappa shape index (κ2) is 5.94. The number of ketones is 1. The molecular weight excluding hydrogens is 296 g/mol. The maximum atomic E-state index is 11.9. The molecule has 0 spiro atoms. The van der Waals surface area contributed by atoms with Gasteiger partial charge >= 0.3 is 0 Å². The number of rotatable bonds is 4. The number of carbonyl (C=O) groups excluding carboxylic acids is 2. The number of hydrogen-bond acceptors (Lipinski definition) is 6. The van der Waals surface area contributed by atoms with Crippen LogP contribution in [-0.2, 0) is 0 Å². The predicted octanol–water partition coefficient (Wildman–Crippen LogP) is 3.68. The average Bonchev–Trinajstić information content (AvgIpc) is 3.01. The number of carbonyl (C=O) groups is 2. The number of Topliss-reactive ketones (excluding diaryl/α,β-unsaturated/α-hetero) is 1. The van der Waals surface area contributed by atoms with E-state index in [1.807, 2.05) is 5.40 Å². The molecule has 0 aliphatic heterocycles. The van der Waals surface area contributed by atoms with Gasteiger partial charge in [-0.1, -0.05) is 0 Å². The summed E-state index contributed by atoms with van der Waals surface area (Å²) in [5, 5.41) is 14.0. The predicted molar refractivity (Wildman–Crippen MR) is 77.2 cm³/mol. The fourth-order valence-electron chi connectivity index (χ4n) is 1.66. The highest BCUT2D eigenvalue weighted by molar-refractivity contribution is 8.04. The monoisotopic (exact) mass is 306 g/mol. The van der Waals surface area contributed by atoms with Gasteiger partial charge in [-0.25, -0.2) is 0 Å². The minimum Gasteiger partial charge on any atom is -0.459 e. The van der Waals surface area contributed by atoms with E-state index < -0.39 is 5.91 Å². The third-order valence-electron chi connectivity index (χ3n) is 2.53. The van der Waals surface area contributed by atoms with Gasteiger partial charge in [0, 0.05) is 0 Å². The third kappa shape index (κ3) is 2.76. The summed E-state index contributed by atoms with van der Waals surface area (Å²) < 4.78 is 5.01. The number of nitrogens with one attached hydrogen (secondary N) is 1. The van der Waals surface area contributed by atoms with Crippen molar-refractivity contribution in [3.05, 3.63) is 34.6 Å². The van der Waals surface area contributed by atoms with E-state index in [1.165, 1.54) is 13.2 Å². The molecule has 0 bridgehead atoms. The summed E-state index contributed by atoms with van der Waals surface area (Å²) >= 11 is 2.09. The molecule has 102 valence electrons. The third-order valence-corrected chi connectivity index (χ3v) is 4.77. The molecule has 0 radical (unpaired) electrons. The molecule has 2 rings (SSSR count). The van der Waals surface area contributed by atoms with Crippen LogP contribution in [0.5, 0.6) is 0 Å². The molecule has 5 nitrogen and oxygen atoms in total. The lowest BCUT2D eigenvalue weighted by Crippen LogP contribution is -2.10. The zero-order valence-corrected chi connectivity index (χ0v) is 12.4. The van der Waals surface area contributed by atoms with Crippen LogP contribution in [0.3, 0.4) is 0 Å². The second-order valence-electron chi connectivity index (χ2n) is 3.90. The van der Waals surface area contributed by atoms with E-state index in [-0.39, 0.29) is 11.5 Å². The molecule has 0 aliphatic carbocycles. The summed E-state index contributed by atoms with van der Waals surface area (Å²) in [5.74, 6) is -0.328. The van der Waals surface area contributed by atoms with Crippen LogP contribution in [0, 0.1) is 17.6 Å². The number of nitriles is 1. The summed E-state index contributed by atoms with van der Waals surface area (Å²) in [7, 11) is 0. The van der Waals surface area contributed by atoms with Gasteiger partial charge in [0.15, 0.2) is 11.5 Å². The Bertz CT molecular complexity index is 696. The van der Waals surface area contributed by atoms with Gasteiger partial charge in [0.1, 0.15) is 10.4 Å². The molecule has 2 aromatic heterocycles. The first-order valence-electron chi connectivity index (χ1n) is 5.59. The Labute approximate surface area is 123 Å². The number of thiophene rings is 1. The molecule has 0 saturated heterocycles. The van der Waals surface area contributed by atoms with E-state index in [1.54, 1.807) is 19.1 Å². The van der Waals surface area contributed by atoms with Crippen molar-refractivity contribution in [3.8, 4) is 5.40 Å². The number of amides is 1. The number of anilines is 1. The van der Waals surface area contributed by atoms with Crippen LogP contribution < -0.4 is 5.32 Å². The number of hydrogen-bond donors (Lipinski definition) is 1. The molecule has 7 heteroatoms. The molecule has 0 atom stereocenters. The van der Waals surface area contributed by atoms with Crippen LogP contribution in [0.1, 0.15) is 32.7 Å². The van der Waals surface area contributed by atoms with Gasteiger partial charge < -0.3 is 9.73 Å². The molecule has 2 aromatic rings. The van der Waals surface area contributed by atoms with Crippen molar-refractivity contribution in [3.63, 3.8) is 0 Å². The summed E-state index contributed by atoms with van der Waals surface area (Å²) in [6.07, 6.45) is 1.40. The summed E-state index contributed by atoms with van der Waals surface area (Å²) in [5.41, 5.74) is 0.712. The normalized spacial score (nSPS) is 10.1. The first-order chi connectivity index (χ1) is 9.54. The van der Waals surface area contributed by atoms with Crippen LogP contribution in [0.4, 0.5) is 5.00 Å². The first-order valence-corrected chi connectivity index (χ1v) is 7.23. The summed E-state index contributed by atoms with van der Waals surface area (Å²) in [4.78, 5) is 24.6. The van der Waals surface area contributed by atoms with Gasteiger partial charge in [0.05, 0.1) is 16.0 Å². The zero-order chi connectivity index (χ0) is 14.7. The second-order valence-corrected chi connectivity index (χ2v) is 5.71. The van der Waals surface area contributed by atoms with Crippen molar-refractivity contribution in [2.75, 3.05) is 5.32 Å². The molecule has 2 heterocycles. The molecule has 1 amide bonds. The van der Waals surface area contributed by atoms with E-state index in [2.05, 4.69) is 5.32 Å². The van der Waals surface area contributed by atoms with Crippen molar-refractivity contribution < 1.29 is 14.0 Å². The van der Waals surface area contributed by atoms with E-state index in [9.17, 15) is 9.59 Å². The maximum Gasteiger partial charge on any atom is 0.291 e. The van der Waals surface area contributed by atoms with Gasteiger partial charge in [-0.2, -0.15) is 5.26 Å². The van der Waals surface area contributed by atoms with Crippen molar-refractivity contribution in [2.24, 2.45) is 0 Å². The molecule has 0 unspecified atom stereocenters. The highest BCUT2D eigenvalue weighted by Gasteiger charge is 2.21. The van der Waals surface area contributed by atoms with Gasteiger partial charge in [-0.05, 0) is 43.3 Å². The van der Waals surface area contributed by atoms with Crippen LogP contribution in [0.15, 0.2) is 27.7 Å². The van der Waals surface area contributed by atoms with E-state index >= 15 is 0 Å². The number of thioether (sulfide) groups is 1. The molecule has 0 saturated carbocycles. The lowest BCUT2D eigenvalue weighted by Gasteiger charge is -2.02. The fraction of sp³-hybridized carbons (Fsp3) is 0.154. The highest BCUT2D eigenvalue weighted by Crippen LogP contribution is 2.40. The maximum absolute atomic E-state index is 11.9. The SMILES string of the molecule is CC(=O)c1sc(NC(=O)c2ccco2)c(SC#N)c1C. The van der Waals surface area contributed by atoms with Crippen LogP contribution in [0.25, 0.3) is 0 Å². The molecule has 0 aromatic carbocycles. The van der Waals surface area contributed by atoms with Crippen molar-refractivity contribution in [1.82, 2.24) is 0 Å². The number of thiocyanates is 1. The Morgan fingerprint density at radius 1 is 1.50 bits per heavy atom. The minimum atomic E-state index is -0.411. The molecule has 0 aliphatic rings. The molecule has 20 heavy (non-hydrogen) atoms. The van der Waals surface area contributed by atoms with Crippen molar-refractivity contribution in [1.29, 1.82) is 5.26 Å². The average molecular weight is 306 g/mol. The molecule has 0 fully saturated rings. The van der Waals surface area contributed by atoms with Crippen LogP contribution in [0.2, 0.25) is 0 Å². The first kappa shape index (κ1) is 14.4. The minimum absolute atomic E-state index is 0.0919. The summed E-state index contributed by atoms with van der Waals surface area (Å²) in [6, 6.07) is 3.15. The molecule has 1 N–H and O–H groups in total. The topological polar surface area (TPSA) is 83.1 Å². The number of furan rings is 1. The Morgan fingerprint density at radius 3 is 2.80 bits per heavy atom. The van der Waals surface area contributed by atoms with Crippen molar-refractivity contribution in [2.45, 2.75) is 18.7 Å². The Kier molecular flexibility index (Phi) is 4.27. The zero-order valence-electron chi connectivity index (χ0n) is 10.7. The fourth-order valence-corrected chi connectivity index (χ4v) is 3.45. The van der Waals surface area contributed by atoms with Crippen LogP contribution in [-0.4, -0.2) is 11.7 Å². The standard InChI is InChI=1S/C13H10N2O3S2/c1-7-10(8(2)16)20-13(11(7)19-6-14)15-12(17)9-4-3-5-18-9/h3-5H,1-2H3,(H,15,17). The Morgan fingerprint density at radius 2 is 2.25 bits per heavy atom.